The number of allylic oxidation sites excluding steroid dienone is 1. The average molecular weight is 303 g/mol. The fourth-order valence-electron chi connectivity index (χ4n) is 1.91. The number of nitroso groups, excluding NO2 is 1. The van der Waals surface area contributed by atoms with Gasteiger partial charge in [-0.1, -0.05) is 30.9 Å². The van der Waals surface area contributed by atoms with E-state index in [2.05, 4.69) is 26.3 Å². The SMILES string of the molecule is C=CCC(C/C=C/CN(CC=C)C(=O)C(=C)C)[N+](=O)C(=C)C. The Labute approximate surface area is 133 Å². The van der Waals surface area contributed by atoms with E-state index in [1.807, 2.05) is 12.2 Å². The van der Waals surface area contributed by atoms with E-state index in [0.29, 0.717) is 37.2 Å². The fourth-order valence-corrected chi connectivity index (χ4v) is 1.91. The van der Waals surface area contributed by atoms with Gasteiger partial charge in [-0.2, -0.15) is 0 Å². The molecule has 0 aliphatic heterocycles. The molecule has 120 valence electrons. The second-order valence-electron chi connectivity index (χ2n) is 5.23. The number of carbonyl (C=O) groups is 1. The number of nitrogens with zero attached hydrogens (tertiary/aromatic N) is 2. The van der Waals surface area contributed by atoms with Crippen molar-refractivity contribution in [1.29, 1.82) is 0 Å². The molecule has 1 atom stereocenters. The van der Waals surface area contributed by atoms with Crippen LogP contribution in [0.5, 0.6) is 0 Å². The smallest absolute Gasteiger partial charge is 0.249 e. The van der Waals surface area contributed by atoms with Crippen LogP contribution < -0.4 is 0 Å². The third-order valence-corrected chi connectivity index (χ3v) is 3.05. The first-order valence-electron chi connectivity index (χ1n) is 7.28. The Morgan fingerprint density at radius 2 is 1.73 bits per heavy atom. The summed E-state index contributed by atoms with van der Waals surface area (Å²) >= 11 is 0. The van der Waals surface area contributed by atoms with Crippen LogP contribution in [0, 0.1) is 4.91 Å². The van der Waals surface area contributed by atoms with Gasteiger partial charge < -0.3 is 4.90 Å². The van der Waals surface area contributed by atoms with Gasteiger partial charge in [-0.15, -0.1) is 13.2 Å². The Balaban J connectivity index is 4.66. The van der Waals surface area contributed by atoms with Crippen LogP contribution in [0.2, 0.25) is 0 Å². The molecule has 0 spiro atoms. The van der Waals surface area contributed by atoms with E-state index in [1.165, 1.54) is 0 Å². The van der Waals surface area contributed by atoms with Crippen molar-refractivity contribution in [3.8, 4) is 0 Å². The van der Waals surface area contributed by atoms with E-state index in [4.69, 9.17) is 0 Å². The van der Waals surface area contributed by atoms with Gasteiger partial charge in [0.05, 0.1) is 0 Å². The van der Waals surface area contributed by atoms with Crippen LogP contribution in [0.15, 0.2) is 61.9 Å². The standard InChI is InChI=1S/C18H27N2O2/c1-7-11-17(20(22)16(5)6)12-9-10-14-19(13-8-2)18(21)15(3)4/h7-10,17H,1-3,5,11-14H2,4,6H3/q+1/b10-9+. The summed E-state index contributed by atoms with van der Waals surface area (Å²) in [4.78, 5) is 25.5. The molecule has 0 heterocycles. The van der Waals surface area contributed by atoms with E-state index in [1.54, 1.807) is 30.9 Å². The first-order chi connectivity index (χ1) is 10.3. The van der Waals surface area contributed by atoms with Gasteiger partial charge >= 0.3 is 0 Å². The average Bonchev–Trinajstić information content (AvgIpc) is 2.47. The topological polar surface area (TPSA) is 40.4 Å². The number of hydrogen-bond acceptors (Lipinski definition) is 2. The fraction of sp³-hybridized carbons (Fsp3) is 0.389. The van der Waals surface area contributed by atoms with Crippen molar-refractivity contribution in [2.75, 3.05) is 13.1 Å². The van der Waals surface area contributed by atoms with Gasteiger partial charge in [-0.25, -0.2) is 0 Å². The van der Waals surface area contributed by atoms with E-state index in [-0.39, 0.29) is 11.9 Å². The van der Waals surface area contributed by atoms with Crippen molar-refractivity contribution < 1.29 is 9.55 Å². The normalized spacial score (nSPS) is 11.7. The first-order valence-corrected chi connectivity index (χ1v) is 7.28. The molecule has 4 nitrogen and oxygen atoms in total. The first kappa shape index (κ1) is 19.8. The molecule has 0 aliphatic rings. The minimum Gasteiger partial charge on any atom is -0.332 e. The quantitative estimate of drug-likeness (QED) is 0.331. The van der Waals surface area contributed by atoms with Crippen molar-refractivity contribution in [2.24, 2.45) is 0 Å². The Morgan fingerprint density at radius 3 is 2.18 bits per heavy atom. The highest BCUT2D eigenvalue weighted by atomic mass is 16.3. The molecule has 4 heteroatoms. The van der Waals surface area contributed by atoms with Gasteiger partial charge in [0.1, 0.15) is 0 Å². The maximum atomic E-state index is 11.9. The van der Waals surface area contributed by atoms with Crippen molar-refractivity contribution >= 4 is 5.91 Å². The third kappa shape index (κ3) is 6.97. The van der Waals surface area contributed by atoms with Crippen LogP contribution in [0.1, 0.15) is 26.7 Å². The lowest BCUT2D eigenvalue weighted by Crippen LogP contribution is -2.31. The Morgan fingerprint density at radius 1 is 1.09 bits per heavy atom. The van der Waals surface area contributed by atoms with Crippen molar-refractivity contribution in [1.82, 2.24) is 4.90 Å². The van der Waals surface area contributed by atoms with Crippen LogP contribution in [0.3, 0.4) is 0 Å². The highest BCUT2D eigenvalue weighted by molar-refractivity contribution is 5.92. The summed E-state index contributed by atoms with van der Waals surface area (Å²) in [5.74, 6) is -0.0976. The van der Waals surface area contributed by atoms with Crippen molar-refractivity contribution in [3.05, 3.63) is 66.8 Å². The summed E-state index contributed by atoms with van der Waals surface area (Å²) in [5, 5.41) is 0. The summed E-state index contributed by atoms with van der Waals surface area (Å²) in [7, 11) is 0. The zero-order valence-corrected chi connectivity index (χ0v) is 13.8. The maximum absolute atomic E-state index is 11.9. The molecule has 0 saturated heterocycles. The summed E-state index contributed by atoms with van der Waals surface area (Å²) in [6.45, 7) is 18.9. The van der Waals surface area contributed by atoms with Gasteiger partial charge in [0.15, 0.2) is 0 Å². The minimum absolute atomic E-state index is 0.0976. The molecule has 0 aromatic heterocycles. The molecule has 0 radical (unpaired) electrons. The number of amides is 1. The third-order valence-electron chi connectivity index (χ3n) is 3.05. The number of rotatable bonds is 11. The molecule has 0 fully saturated rings. The summed E-state index contributed by atoms with van der Waals surface area (Å²) in [6, 6.07) is -0.212. The van der Waals surface area contributed by atoms with Crippen LogP contribution >= 0.6 is 0 Å². The zero-order chi connectivity index (χ0) is 17.1. The number of hydrogen-bond donors (Lipinski definition) is 0. The summed E-state index contributed by atoms with van der Waals surface area (Å²) in [5.41, 5.74) is 0.971. The molecular weight excluding hydrogens is 276 g/mol. The van der Waals surface area contributed by atoms with Gasteiger partial charge in [0.2, 0.25) is 17.6 Å². The van der Waals surface area contributed by atoms with Gasteiger partial charge in [-0.3, -0.25) is 4.79 Å². The molecule has 1 amide bonds. The van der Waals surface area contributed by atoms with Gasteiger partial charge in [0.25, 0.3) is 0 Å². The molecular formula is C18H27N2O2+. The predicted octanol–water partition coefficient (Wildman–Crippen LogP) is 3.78. The molecule has 1 unspecified atom stereocenters. The lowest BCUT2D eigenvalue weighted by Gasteiger charge is -2.19. The second kappa shape index (κ2) is 10.5. The molecule has 0 bridgehead atoms. The second-order valence-corrected chi connectivity index (χ2v) is 5.23. The summed E-state index contributed by atoms with van der Waals surface area (Å²) in [6.07, 6.45) is 8.35. The van der Waals surface area contributed by atoms with E-state index in [0.717, 1.165) is 4.76 Å². The molecule has 0 saturated carbocycles. The largest absolute Gasteiger partial charge is 0.332 e. The van der Waals surface area contributed by atoms with E-state index < -0.39 is 0 Å². The monoisotopic (exact) mass is 303 g/mol. The van der Waals surface area contributed by atoms with Crippen LogP contribution in [0.4, 0.5) is 0 Å². The van der Waals surface area contributed by atoms with Crippen molar-refractivity contribution in [3.63, 3.8) is 0 Å². The van der Waals surface area contributed by atoms with Gasteiger partial charge in [0, 0.05) is 48.1 Å². The lowest BCUT2D eigenvalue weighted by atomic mass is 10.1. The Kier molecular flexibility index (Phi) is 9.43. The lowest BCUT2D eigenvalue weighted by molar-refractivity contribution is -0.537. The Hall–Kier alpha value is -2.23. The molecule has 22 heavy (non-hydrogen) atoms. The number of carbonyl (C=O) groups excluding carboxylic acids is 1. The zero-order valence-electron chi connectivity index (χ0n) is 13.8. The Bertz CT molecular complexity index is 445. The highest BCUT2D eigenvalue weighted by Gasteiger charge is 2.23. The molecule has 0 aliphatic carbocycles. The summed E-state index contributed by atoms with van der Waals surface area (Å²) < 4.78 is 0.909. The van der Waals surface area contributed by atoms with Crippen LogP contribution in [0.25, 0.3) is 0 Å². The maximum Gasteiger partial charge on any atom is 0.249 e. The van der Waals surface area contributed by atoms with Gasteiger partial charge in [-0.05, 0) is 13.5 Å². The molecule has 0 aromatic carbocycles. The van der Waals surface area contributed by atoms with Crippen molar-refractivity contribution in [2.45, 2.75) is 32.7 Å². The predicted molar refractivity (Wildman–Crippen MR) is 92.4 cm³/mol. The molecule has 0 aromatic rings. The highest BCUT2D eigenvalue weighted by Crippen LogP contribution is 2.10. The van der Waals surface area contributed by atoms with E-state index in [9.17, 15) is 9.70 Å². The van der Waals surface area contributed by atoms with E-state index >= 15 is 0 Å². The molecule has 0 rings (SSSR count). The minimum atomic E-state index is -0.212. The van der Waals surface area contributed by atoms with Crippen LogP contribution in [-0.2, 0) is 4.79 Å². The molecule has 0 N–H and O–H groups in total. The van der Waals surface area contributed by atoms with Crippen LogP contribution in [-0.4, -0.2) is 34.7 Å².